The van der Waals surface area contributed by atoms with Gasteiger partial charge in [0, 0.05) is 29.5 Å². The molecule has 10 heteroatoms. The van der Waals surface area contributed by atoms with Gasteiger partial charge in [-0.3, -0.25) is 4.79 Å². The second kappa shape index (κ2) is 10.8. The summed E-state index contributed by atoms with van der Waals surface area (Å²) in [7, 11) is -3.76. The van der Waals surface area contributed by atoms with Crippen molar-refractivity contribution in [3.05, 3.63) is 76.9 Å². The van der Waals surface area contributed by atoms with E-state index in [0.29, 0.717) is 18.8 Å². The number of fused-ring (bicyclic) bond motifs is 2. The molecule has 3 aromatic carbocycles. The summed E-state index contributed by atoms with van der Waals surface area (Å²) in [6.07, 6.45) is 1.15. The second-order valence-electron chi connectivity index (χ2n) is 9.62. The third-order valence-corrected chi connectivity index (χ3v) is 8.04. The minimum absolute atomic E-state index is 0.100. The van der Waals surface area contributed by atoms with Crippen LogP contribution in [0.15, 0.2) is 53.4 Å². The van der Waals surface area contributed by atoms with Crippen molar-refractivity contribution in [3.63, 3.8) is 0 Å². The first-order valence-electron chi connectivity index (χ1n) is 13.0. The van der Waals surface area contributed by atoms with Crippen LogP contribution in [-0.4, -0.2) is 55.1 Å². The lowest BCUT2D eigenvalue weighted by Crippen LogP contribution is -2.33. The first kappa shape index (κ1) is 26.8. The van der Waals surface area contributed by atoms with Crippen LogP contribution in [0.25, 0.3) is 22.2 Å². The number of benzene rings is 3. The minimum atomic E-state index is -3.76. The van der Waals surface area contributed by atoms with E-state index >= 15 is 4.39 Å². The fourth-order valence-corrected chi connectivity index (χ4v) is 5.68. The maximum atomic E-state index is 15.1. The van der Waals surface area contributed by atoms with Gasteiger partial charge in [-0.25, -0.2) is 17.8 Å². The Balaban J connectivity index is 1.44. The molecule has 39 heavy (non-hydrogen) atoms. The van der Waals surface area contributed by atoms with Gasteiger partial charge < -0.3 is 19.9 Å². The summed E-state index contributed by atoms with van der Waals surface area (Å²) in [6, 6.07) is 14.5. The Morgan fingerprint density at radius 1 is 1.13 bits per heavy atom. The molecule has 0 fully saturated rings. The number of carbonyl (C=O) groups is 1. The SMILES string of the molecule is CCNCc1nc2ccc(-c3ccc4c(c3)CN(C(=O)c3ccc(S(C)(=O)=O)c(F)c3CC)CCO4)cc2[nH]1. The normalized spacial score (nSPS) is 13.7. The molecular formula is C29H31FN4O4S. The van der Waals surface area contributed by atoms with Gasteiger partial charge >= 0.3 is 0 Å². The van der Waals surface area contributed by atoms with Crippen molar-refractivity contribution in [2.24, 2.45) is 0 Å². The fourth-order valence-electron chi connectivity index (χ4n) is 4.92. The molecular weight excluding hydrogens is 519 g/mol. The first-order chi connectivity index (χ1) is 18.7. The molecule has 0 bridgehead atoms. The number of aromatic amines is 1. The van der Waals surface area contributed by atoms with Gasteiger partial charge in [0.2, 0.25) is 0 Å². The predicted molar refractivity (Wildman–Crippen MR) is 148 cm³/mol. The molecule has 204 valence electrons. The molecule has 0 saturated heterocycles. The van der Waals surface area contributed by atoms with Gasteiger partial charge in [0.1, 0.15) is 28.9 Å². The van der Waals surface area contributed by atoms with Crippen LogP contribution in [0.1, 0.15) is 41.2 Å². The van der Waals surface area contributed by atoms with Crippen LogP contribution in [0.3, 0.4) is 0 Å². The highest BCUT2D eigenvalue weighted by atomic mass is 32.2. The van der Waals surface area contributed by atoms with Gasteiger partial charge in [-0.15, -0.1) is 0 Å². The molecule has 0 spiro atoms. The van der Waals surface area contributed by atoms with Crippen LogP contribution in [0.4, 0.5) is 4.39 Å². The molecule has 8 nitrogen and oxygen atoms in total. The molecule has 0 unspecified atom stereocenters. The molecule has 0 saturated carbocycles. The summed E-state index contributed by atoms with van der Waals surface area (Å²) in [4.78, 5) is 22.8. The number of H-pyrrole nitrogens is 1. The van der Waals surface area contributed by atoms with E-state index in [1.54, 1.807) is 11.8 Å². The number of amides is 1. The Labute approximate surface area is 227 Å². The molecule has 1 aliphatic heterocycles. The summed E-state index contributed by atoms with van der Waals surface area (Å²) in [6.45, 7) is 6.16. The monoisotopic (exact) mass is 550 g/mol. The van der Waals surface area contributed by atoms with Crippen LogP contribution in [0.5, 0.6) is 5.75 Å². The van der Waals surface area contributed by atoms with Crippen molar-refractivity contribution >= 4 is 26.8 Å². The van der Waals surface area contributed by atoms with Crippen LogP contribution >= 0.6 is 0 Å². The highest BCUT2D eigenvalue weighted by Gasteiger charge is 2.27. The van der Waals surface area contributed by atoms with Crippen molar-refractivity contribution in [1.82, 2.24) is 20.2 Å². The molecule has 2 N–H and O–H groups in total. The molecule has 5 rings (SSSR count). The molecule has 4 aromatic rings. The highest BCUT2D eigenvalue weighted by Crippen LogP contribution is 2.32. The number of hydrogen-bond acceptors (Lipinski definition) is 6. The number of nitrogens with zero attached hydrogens (tertiary/aromatic N) is 2. The lowest BCUT2D eigenvalue weighted by atomic mass is 10.0. The zero-order valence-corrected chi connectivity index (χ0v) is 23.0. The standard InChI is InChI=1S/C29H31FN4O4S/c1-4-21-22(8-11-26(28(21)30)39(3,36)37)29(35)34-12-13-38-25-10-7-18(14-20(25)17-34)19-6-9-23-24(15-19)33-27(32-23)16-31-5-2/h6-11,14-15,31H,4-5,12-13,16-17H2,1-3H3,(H,32,33). The largest absolute Gasteiger partial charge is 0.491 e. The third kappa shape index (κ3) is 5.39. The van der Waals surface area contributed by atoms with Gasteiger partial charge in [0.05, 0.1) is 24.1 Å². The molecule has 2 heterocycles. The summed E-state index contributed by atoms with van der Waals surface area (Å²) >= 11 is 0. The van der Waals surface area contributed by atoms with E-state index in [1.165, 1.54) is 12.1 Å². The molecule has 1 aromatic heterocycles. The number of hydrogen-bond donors (Lipinski definition) is 2. The quantitative estimate of drug-likeness (QED) is 0.352. The van der Waals surface area contributed by atoms with Gasteiger partial charge in [-0.2, -0.15) is 0 Å². The lowest BCUT2D eigenvalue weighted by Gasteiger charge is -2.22. The van der Waals surface area contributed by atoms with E-state index in [0.717, 1.165) is 46.3 Å². The number of sulfone groups is 1. The molecule has 0 radical (unpaired) electrons. The van der Waals surface area contributed by atoms with Crippen molar-refractivity contribution < 1.29 is 22.3 Å². The van der Waals surface area contributed by atoms with E-state index in [2.05, 4.69) is 21.4 Å². The topological polar surface area (TPSA) is 104 Å². The smallest absolute Gasteiger partial charge is 0.254 e. The Hall–Kier alpha value is -3.76. The molecule has 1 amide bonds. The van der Waals surface area contributed by atoms with Crippen molar-refractivity contribution in [1.29, 1.82) is 0 Å². The van der Waals surface area contributed by atoms with Gasteiger partial charge in [0.15, 0.2) is 9.84 Å². The van der Waals surface area contributed by atoms with E-state index in [9.17, 15) is 13.2 Å². The summed E-state index contributed by atoms with van der Waals surface area (Å²) in [5.41, 5.74) is 4.90. The van der Waals surface area contributed by atoms with Crippen molar-refractivity contribution in [2.75, 3.05) is 26.0 Å². The number of halogens is 1. The van der Waals surface area contributed by atoms with Crippen LogP contribution in [0.2, 0.25) is 0 Å². The third-order valence-electron chi connectivity index (χ3n) is 6.93. The summed E-state index contributed by atoms with van der Waals surface area (Å²) < 4.78 is 45.0. The van der Waals surface area contributed by atoms with Crippen LogP contribution < -0.4 is 10.1 Å². The number of rotatable bonds is 7. The average molecular weight is 551 g/mol. The molecule has 0 aliphatic carbocycles. The number of nitrogens with one attached hydrogen (secondary N) is 2. The van der Waals surface area contributed by atoms with Crippen molar-refractivity contribution in [2.45, 2.75) is 38.3 Å². The molecule has 1 aliphatic rings. The van der Waals surface area contributed by atoms with Crippen molar-refractivity contribution in [3.8, 4) is 16.9 Å². The summed E-state index contributed by atoms with van der Waals surface area (Å²) in [5.74, 6) is 0.349. The van der Waals surface area contributed by atoms with E-state index in [4.69, 9.17) is 4.74 Å². The number of aromatic nitrogens is 2. The Bertz CT molecular complexity index is 1670. The van der Waals surface area contributed by atoms with E-state index < -0.39 is 20.5 Å². The van der Waals surface area contributed by atoms with Crippen LogP contribution in [-0.2, 0) is 29.3 Å². The number of imidazole rings is 1. The number of ether oxygens (including phenoxy) is 1. The predicted octanol–water partition coefficient (Wildman–Crippen LogP) is 4.48. The average Bonchev–Trinajstić information content (AvgIpc) is 3.20. The maximum Gasteiger partial charge on any atom is 0.254 e. The summed E-state index contributed by atoms with van der Waals surface area (Å²) in [5, 5.41) is 3.27. The van der Waals surface area contributed by atoms with E-state index in [-0.39, 0.29) is 36.6 Å². The maximum absolute atomic E-state index is 15.1. The molecule has 0 atom stereocenters. The van der Waals surface area contributed by atoms with E-state index in [1.807, 2.05) is 37.3 Å². The second-order valence-corrected chi connectivity index (χ2v) is 11.6. The van der Waals surface area contributed by atoms with Gasteiger partial charge in [0.25, 0.3) is 5.91 Å². The van der Waals surface area contributed by atoms with Gasteiger partial charge in [-0.1, -0.05) is 26.0 Å². The van der Waals surface area contributed by atoms with Gasteiger partial charge in [-0.05, 0) is 60.5 Å². The lowest BCUT2D eigenvalue weighted by molar-refractivity contribution is 0.0731. The Morgan fingerprint density at radius 2 is 1.90 bits per heavy atom. The van der Waals surface area contributed by atoms with Crippen LogP contribution in [0, 0.1) is 5.82 Å². The fraction of sp³-hybridized carbons (Fsp3) is 0.310. The Kier molecular flexibility index (Phi) is 7.42. The Morgan fingerprint density at radius 3 is 2.64 bits per heavy atom. The zero-order chi connectivity index (χ0) is 27.7. The first-order valence-corrected chi connectivity index (χ1v) is 14.8. The highest BCUT2D eigenvalue weighted by molar-refractivity contribution is 7.90. The zero-order valence-electron chi connectivity index (χ0n) is 22.2. The number of carbonyl (C=O) groups excluding carboxylic acids is 1. The minimum Gasteiger partial charge on any atom is -0.491 e.